The van der Waals surface area contributed by atoms with Gasteiger partial charge in [0.1, 0.15) is 22.9 Å². The topological polar surface area (TPSA) is 293 Å². The molecule has 4 aromatic carbocycles. The first-order valence-corrected chi connectivity index (χ1v) is 36.6. The molecule has 2 fully saturated rings. The highest BCUT2D eigenvalue weighted by Crippen LogP contribution is 2.36. The van der Waals surface area contributed by atoms with Crippen LogP contribution in [0.15, 0.2) is 164 Å². The normalized spacial score (nSPS) is 15.1. The van der Waals surface area contributed by atoms with E-state index in [0.717, 1.165) is 119 Å². The summed E-state index contributed by atoms with van der Waals surface area (Å²) in [6.07, 6.45) is 25.2. The fourth-order valence-electron chi connectivity index (χ4n) is 14.3. The summed E-state index contributed by atoms with van der Waals surface area (Å²) in [6, 6.07) is 33.8. The Morgan fingerprint density at radius 2 is 0.963 bits per heavy atom. The fourth-order valence-corrected chi connectivity index (χ4v) is 14.3. The maximum atomic E-state index is 13.3. The lowest BCUT2D eigenvalue weighted by atomic mass is 9.97. The van der Waals surface area contributed by atoms with Gasteiger partial charge in [0, 0.05) is 163 Å². The fraction of sp³-hybridized carbons (Fsp3) is 0.313. The van der Waals surface area contributed by atoms with Crippen LogP contribution in [-0.4, -0.2) is 140 Å². The summed E-state index contributed by atoms with van der Waals surface area (Å²) in [5, 5.41) is 11.4. The number of carbonyl (C=O) groups is 8. The van der Waals surface area contributed by atoms with Crippen molar-refractivity contribution in [2.24, 2.45) is 33.2 Å². The number of aryl methyl sites for hydroxylation is 7. The molecule has 6 aromatic heterocycles. The second kappa shape index (κ2) is 33.4. The predicted molar refractivity (Wildman–Crippen MR) is 411 cm³/mol. The standard InChI is InChI=1S/C42H45N7O5.C41H42N8O5/c1-27-21-34-30(13-14-33-7-4-5-19-49(33)42(34)53)24-37(27)54-20-6-8-39(51)45-38-26-48(3)40(46-38)36(50)22-28-9-11-29(12-10-28)31-23-35(47(2)25-31)41(52)44-32-15-17-43-18-16-32;1-26-19-32-33(43-23-31-7-4-5-17-49(31)41(32)53)22-36(26)54-18-6-8-38(51)45-37-25-48(3)39(46-37)35(50)20-27-9-11-28(12-10-27)29-21-34(47(2)24-29)40(52)44-30-13-15-42-16-14-30/h9-12,15-18,21,23-26,33H,4-8,13-14,19-20,22H2,1-3H3,(H,45,51)(H,43,44,52);9-16,19,21-25,31H,4-8,17-18,20H2,1-3H3,(H,45,51)(H,42,44,52)/t33-;31-/m00/s1. The van der Waals surface area contributed by atoms with E-state index in [4.69, 9.17) is 9.47 Å². The largest absolute Gasteiger partial charge is 0.493 e. The van der Waals surface area contributed by atoms with Crippen molar-refractivity contribution < 1.29 is 47.8 Å². The van der Waals surface area contributed by atoms with Crippen LogP contribution >= 0.6 is 0 Å². The van der Waals surface area contributed by atoms with Gasteiger partial charge in [0.25, 0.3) is 23.6 Å². The summed E-state index contributed by atoms with van der Waals surface area (Å²) in [7, 11) is 7.09. The highest BCUT2D eigenvalue weighted by atomic mass is 16.5. The average molecular weight is 1450 g/mol. The maximum Gasteiger partial charge on any atom is 0.272 e. The molecule has 25 nitrogen and oxygen atoms in total. The molecule has 108 heavy (non-hydrogen) atoms. The molecule has 2 atom stereocenters. The second-order valence-electron chi connectivity index (χ2n) is 28.0. The van der Waals surface area contributed by atoms with Gasteiger partial charge in [0.2, 0.25) is 23.4 Å². The van der Waals surface area contributed by atoms with Gasteiger partial charge >= 0.3 is 0 Å². The summed E-state index contributed by atoms with van der Waals surface area (Å²) in [4.78, 5) is 130. The van der Waals surface area contributed by atoms with Crippen molar-refractivity contribution in [1.29, 1.82) is 0 Å². The number of Topliss-reactive ketones (excluding diaryl/α,β-unsaturated/α-hetero) is 2. The number of piperidine rings is 2. The number of hydrogen-bond acceptors (Lipinski definition) is 15. The summed E-state index contributed by atoms with van der Waals surface area (Å²) in [5.74, 6) is 1.37. The molecule has 10 aromatic rings. The van der Waals surface area contributed by atoms with E-state index in [1.54, 1.807) is 93.8 Å². The Hall–Kier alpha value is -12.4. The monoisotopic (exact) mass is 1450 g/mol. The minimum atomic E-state index is -0.240. The van der Waals surface area contributed by atoms with Gasteiger partial charge in [-0.15, -0.1) is 0 Å². The zero-order valence-corrected chi connectivity index (χ0v) is 61.5. The maximum absolute atomic E-state index is 13.3. The molecule has 0 aliphatic carbocycles. The van der Waals surface area contributed by atoms with E-state index in [-0.39, 0.29) is 90.4 Å². The number of pyridine rings is 2. The van der Waals surface area contributed by atoms with Gasteiger partial charge in [-0.25, -0.2) is 9.97 Å². The molecular weight excluding hydrogens is 1370 g/mol. The van der Waals surface area contributed by atoms with Crippen LogP contribution in [0.1, 0.15) is 161 Å². The molecule has 0 spiro atoms. The number of anilines is 4. The molecule has 6 amide bonds. The first kappa shape index (κ1) is 73.9. The van der Waals surface area contributed by atoms with E-state index in [1.165, 1.54) is 6.42 Å². The van der Waals surface area contributed by atoms with Gasteiger partial charge in [-0.3, -0.25) is 53.3 Å². The number of aliphatic imine (C=N–C) groups is 1. The van der Waals surface area contributed by atoms with Crippen LogP contribution in [0.4, 0.5) is 28.7 Å². The SMILES string of the molecule is Cc1cc2c(cc1OCCCC(=O)Nc1cn(C)c(C(=O)Cc3ccc(-c4cc(C(=O)Nc5ccncc5)n(C)c4)cc3)n1)CC[C@@H]1CCCCN1C2=O.Cc1cc2c(cc1OCCCC(=O)Nc1cn(C)c(C(=O)Cc3ccc(-c4cc(C(=O)Nc5ccncc5)n(C)c4)cc3)n1)N=C[C@@H]1CCCCN1C2=O. The van der Waals surface area contributed by atoms with Crippen molar-refractivity contribution in [2.75, 3.05) is 47.6 Å². The molecule has 0 bridgehead atoms. The molecule has 2 saturated heterocycles. The van der Waals surface area contributed by atoms with E-state index in [2.05, 4.69) is 51.1 Å². The molecule has 4 N–H and O–H groups in total. The highest BCUT2D eigenvalue weighted by molar-refractivity contribution is 6.06. The van der Waals surface area contributed by atoms with Gasteiger partial charge in [-0.1, -0.05) is 48.5 Å². The number of benzene rings is 4. The Balaban J connectivity index is 0.000000190. The third kappa shape index (κ3) is 17.6. The quantitative estimate of drug-likeness (QED) is 0.0323. The highest BCUT2D eigenvalue weighted by Gasteiger charge is 2.34. The van der Waals surface area contributed by atoms with Gasteiger partial charge in [-0.2, -0.15) is 0 Å². The number of imidazole rings is 2. The lowest BCUT2D eigenvalue weighted by molar-refractivity contribution is -0.117. The molecule has 4 aliphatic rings. The van der Waals surface area contributed by atoms with Crippen LogP contribution in [0.2, 0.25) is 0 Å². The molecular formula is C83H87N15O10. The van der Waals surface area contributed by atoms with Gasteiger partial charge in [0.15, 0.2) is 23.3 Å². The Labute approximate surface area is 625 Å². The van der Waals surface area contributed by atoms with Gasteiger partial charge < -0.3 is 58.8 Å². The first-order chi connectivity index (χ1) is 52.2. The van der Waals surface area contributed by atoms with Gasteiger partial charge in [-0.05, 0) is 172 Å². The smallest absolute Gasteiger partial charge is 0.272 e. The van der Waals surface area contributed by atoms with E-state index in [0.29, 0.717) is 83.5 Å². The third-order valence-corrected chi connectivity index (χ3v) is 20.0. The lowest BCUT2D eigenvalue weighted by Gasteiger charge is -2.34. The van der Waals surface area contributed by atoms with Crippen molar-refractivity contribution in [2.45, 2.75) is 116 Å². The molecule has 10 heterocycles. The summed E-state index contributed by atoms with van der Waals surface area (Å²) in [5.41, 5.74) is 12.3. The van der Waals surface area contributed by atoms with E-state index < -0.39 is 0 Å². The summed E-state index contributed by atoms with van der Waals surface area (Å²) >= 11 is 0. The number of fused-ring (bicyclic) bond motifs is 4. The van der Waals surface area contributed by atoms with E-state index >= 15 is 0 Å². The number of amides is 6. The van der Waals surface area contributed by atoms with Crippen LogP contribution in [0.5, 0.6) is 11.5 Å². The molecule has 4 aliphatic heterocycles. The van der Waals surface area contributed by atoms with Crippen LogP contribution in [0.25, 0.3) is 22.3 Å². The zero-order chi connectivity index (χ0) is 75.5. The number of nitrogens with one attached hydrogen (secondary N) is 4. The van der Waals surface area contributed by atoms with Crippen LogP contribution in [-0.2, 0) is 57.0 Å². The zero-order valence-electron chi connectivity index (χ0n) is 61.5. The van der Waals surface area contributed by atoms with Gasteiger partial charge in [0.05, 0.1) is 30.5 Å². The van der Waals surface area contributed by atoms with Crippen molar-refractivity contribution in [1.82, 2.24) is 48.0 Å². The van der Waals surface area contributed by atoms with E-state index in [1.807, 2.05) is 136 Å². The minimum Gasteiger partial charge on any atom is -0.493 e. The second-order valence-corrected chi connectivity index (χ2v) is 28.0. The summed E-state index contributed by atoms with van der Waals surface area (Å²) in [6.45, 7) is 6.10. The predicted octanol–water partition coefficient (Wildman–Crippen LogP) is 12.9. The van der Waals surface area contributed by atoms with Crippen molar-refractivity contribution in [3.63, 3.8) is 0 Å². The number of ketones is 2. The average Bonchev–Trinajstić information content (AvgIpc) is 1.62. The number of carbonyl (C=O) groups excluding carboxylic acids is 8. The van der Waals surface area contributed by atoms with Crippen LogP contribution < -0.4 is 30.7 Å². The number of hydrogen-bond donors (Lipinski definition) is 4. The van der Waals surface area contributed by atoms with Crippen molar-refractivity contribution in [3.05, 3.63) is 221 Å². The minimum absolute atomic E-state index is 0.0109. The Morgan fingerprint density at radius 1 is 0.491 bits per heavy atom. The van der Waals surface area contributed by atoms with Crippen LogP contribution in [0.3, 0.4) is 0 Å². The molecule has 0 radical (unpaired) electrons. The molecule has 0 unspecified atom stereocenters. The lowest BCUT2D eigenvalue weighted by Crippen LogP contribution is -2.43. The van der Waals surface area contributed by atoms with Crippen molar-refractivity contribution >= 4 is 81.9 Å². The molecule has 14 rings (SSSR count). The van der Waals surface area contributed by atoms with Crippen LogP contribution in [0, 0.1) is 13.8 Å². The number of rotatable bonds is 24. The van der Waals surface area contributed by atoms with E-state index in [9.17, 15) is 38.4 Å². The third-order valence-electron chi connectivity index (χ3n) is 20.0. The Bertz CT molecular complexity index is 5050. The Kier molecular flexibility index (Phi) is 22.8. The first-order valence-electron chi connectivity index (χ1n) is 36.6. The summed E-state index contributed by atoms with van der Waals surface area (Å²) < 4.78 is 18.9. The molecule has 554 valence electrons. The number of aromatic nitrogens is 8. The molecule has 0 saturated carbocycles. The Morgan fingerprint density at radius 3 is 1.48 bits per heavy atom. The molecule has 25 heteroatoms. The number of nitrogens with zero attached hydrogens (tertiary/aromatic N) is 11. The van der Waals surface area contributed by atoms with Crippen molar-refractivity contribution in [3.8, 4) is 33.8 Å². The number of ether oxygens (including phenoxy) is 2.